The second-order valence-electron chi connectivity index (χ2n) is 5.05. The molecule has 0 unspecified atom stereocenters. The number of benzene rings is 2. The number of rotatable bonds is 4. The summed E-state index contributed by atoms with van der Waals surface area (Å²) in [7, 11) is 0. The zero-order valence-corrected chi connectivity index (χ0v) is 12.6. The molecule has 0 fully saturated rings. The van der Waals surface area contributed by atoms with Crippen molar-refractivity contribution < 1.29 is 9.53 Å². The Morgan fingerprint density at radius 1 is 1.00 bits per heavy atom. The molecule has 4 nitrogen and oxygen atoms in total. The van der Waals surface area contributed by atoms with Gasteiger partial charge in [-0.15, -0.1) is 0 Å². The van der Waals surface area contributed by atoms with Gasteiger partial charge in [0.1, 0.15) is 5.75 Å². The van der Waals surface area contributed by atoms with E-state index in [0.717, 1.165) is 22.6 Å². The Bertz CT molecular complexity index is 621. The summed E-state index contributed by atoms with van der Waals surface area (Å²) >= 11 is 0. The molecule has 4 heteroatoms. The van der Waals surface area contributed by atoms with Gasteiger partial charge >= 0.3 is 6.03 Å². The molecule has 0 heterocycles. The molecule has 0 aromatic heterocycles. The van der Waals surface area contributed by atoms with Crippen molar-refractivity contribution in [3.8, 4) is 5.75 Å². The van der Waals surface area contributed by atoms with Crippen LogP contribution in [0, 0.1) is 20.8 Å². The molecule has 0 aliphatic carbocycles. The summed E-state index contributed by atoms with van der Waals surface area (Å²) in [6, 6.07) is 13.3. The van der Waals surface area contributed by atoms with Crippen molar-refractivity contribution in [2.75, 3.05) is 12.0 Å². The molecule has 0 aliphatic heterocycles. The van der Waals surface area contributed by atoms with E-state index in [1.54, 1.807) is 0 Å². The van der Waals surface area contributed by atoms with Gasteiger partial charge in [-0.25, -0.2) is 4.79 Å². The highest BCUT2D eigenvalue weighted by molar-refractivity contribution is 5.89. The van der Waals surface area contributed by atoms with Gasteiger partial charge in [-0.2, -0.15) is 0 Å². The maximum atomic E-state index is 11.7. The number of nitrogens with one attached hydrogen (secondary N) is 2. The Hall–Kier alpha value is -2.49. The normalized spacial score (nSPS) is 10.0. The van der Waals surface area contributed by atoms with Crippen LogP contribution in [0.2, 0.25) is 0 Å². The molecule has 2 rings (SSSR count). The van der Waals surface area contributed by atoms with Crippen LogP contribution < -0.4 is 15.4 Å². The molecule has 2 N–H and O–H groups in total. The molecule has 0 radical (unpaired) electrons. The van der Waals surface area contributed by atoms with Gasteiger partial charge in [-0.3, -0.25) is 0 Å². The van der Waals surface area contributed by atoms with Crippen LogP contribution >= 0.6 is 0 Å². The van der Waals surface area contributed by atoms with Gasteiger partial charge in [0.05, 0.1) is 0 Å². The van der Waals surface area contributed by atoms with Gasteiger partial charge in [-0.05, 0) is 44.5 Å². The molecule has 0 aliphatic rings. The van der Waals surface area contributed by atoms with Crippen molar-refractivity contribution in [1.29, 1.82) is 0 Å². The van der Waals surface area contributed by atoms with Gasteiger partial charge in [0, 0.05) is 5.69 Å². The lowest BCUT2D eigenvalue weighted by Gasteiger charge is -2.11. The van der Waals surface area contributed by atoms with Crippen LogP contribution in [0.1, 0.15) is 16.7 Å². The molecule has 0 saturated carbocycles. The number of carbonyl (C=O) groups excluding carboxylic acids is 1. The molecule has 0 spiro atoms. The van der Waals surface area contributed by atoms with Gasteiger partial charge in [-0.1, -0.05) is 35.4 Å². The standard InChI is InChI=1S/C17H20N2O2/c1-12-4-7-15(8-5-12)19-17(20)18-11-21-16-9-6-13(2)10-14(16)3/h4-10H,11H2,1-3H3,(H2,18,19,20). The summed E-state index contributed by atoms with van der Waals surface area (Å²) in [6.07, 6.45) is 0. The van der Waals surface area contributed by atoms with E-state index in [1.807, 2.05) is 63.2 Å². The maximum Gasteiger partial charge on any atom is 0.321 e. The van der Waals surface area contributed by atoms with Gasteiger partial charge in [0.2, 0.25) is 0 Å². The lowest BCUT2D eigenvalue weighted by Crippen LogP contribution is -2.32. The Balaban J connectivity index is 1.80. The first-order valence-electron chi connectivity index (χ1n) is 6.86. The summed E-state index contributed by atoms with van der Waals surface area (Å²) in [4.78, 5) is 11.7. The van der Waals surface area contributed by atoms with Crippen LogP contribution in [-0.4, -0.2) is 12.8 Å². The minimum atomic E-state index is -0.288. The first-order chi connectivity index (χ1) is 10.0. The van der Waals surface area contributed by atoms with Crippen LogP contribution in [0.25, 0.3) is 0 Å². The van der Waals surface area contributed by atoms with E-state index in [9.17, 15) is 4.79 Å². The van der Waals surface area contributed by atoms with Crippen molar-refractivity contribution in [2.24, 2.45) is 0 Å². The van der Waals surface area contributed by atoms with Crippen molar-refractivity contribution in [2.45, 2.75) is 20.8 Å². The number of ether oxygens (including phenoxy) is 1. The minimum Gasteiger partial charge on any atom is -0.473 e. The second kappa shape index (κ2) is 6.79. The monoisotopic (exact) mass is 284 g/mol. The number of hydrogen-bond donors (Lipinski definition) is 2. The average molecular weight is 284 g/mol. The van der Waals surface area contributed by atoms with Crippen molar-refractivity contribution >= 4 is 11.7 Å². The highest BCUT2D eigenvalue weighted by Gasteiger charge is 2.03. The lowest BCUT2D eigenvalue weighted by molar-refractivity contribution is 0.234. The molecule has 110 valence electrons. The summed E-state index contributed by atoms with van der Waals surface area (Å²) < 4.78 is 5.55. The topological polar surface area (TPSA) is 50.4 Å². The number of urea groups is 1. The quantitative estimate of drug-likeness (QED) is 0.840. The Labute approximate surface area is 125 Å². The Morgan fingerprint density at radius 3 is 2.33 bits per heavy atom. The average Bonchev–Trinajstić information content (AvgIpc) is 2.44. The second-order valence-corrected chi connectivity index (χ2v) is 5.05. The summed E-state index contributed by atoms with van der Waals surface area (Å²) in [5.41, 5.74) is 4.14. The first kappa shape index (κ1) is 14.9. The lowest BCUT2D eigenvalue weighted by atomic mass is 10.1. The number of aryl methyl sites for hydroxylation is 3. The Morgan fingerprint density at radius 2 is 1.67 bits per heavy atom. The summed E-state index contributed by atoms with van der Waals surface area (Å²) in [6.45, 7) is 6.14. The van der Waals surface area contributed by atoms with Crippen molar-refractivity contribution in [3.63, 3.8) is 0 Å². The predicted octanol–water partition coefficient (Wildman–Crippen LogP) is 3.77. The summed E-state index contributed by atoms with van der Waals surface area (Å²) in [5, 5.41) is 5.41. The smallest absolute Gasteiger partial charge is 0.321 e. The van der Waals surface area contributed by atoms with E-state index in [2.05, 4.69) is 10.6 Å². The molecule has 2 aromatic rings. The first-order valence-corrected chi connectivity index (χ1v) is 6.86. The molecular formula is C17H20N2O2. The molecule has 0 bridgehead atoms. The number of amides is 2. The van der Waals surface area contributed by atoms with Crippen molar-refractivity contribution in [1.82, 2.24) is 5.32 Å². The third-order valence-corrected chi connectivity index (χ3v) is 3.10. The van der Waals surface area contributed by atoms with Gasteiger partial charge in [0.15, 0.2) is 6.73 Å². The Kier molecular flexibility index (Phi) is 4.82. The van der Waals surface area contributed by atoms with E-state index in [4.69, 9.17) is 4.74 Å². The van der Waals surface area contributed by atoms with Crippen LogP contribution in [0.5, 0.6) is 5.75 Å². The van der Waals surface area contributed by atoms with E-state index >= 15 is 0 Å². The van der Waals surface area contributed by atoms with Crippen LogP contribution in [-0.2, 0) is 0 Å². The molecule has 2 aromatic carbocycles. The van der Waals surface area contributed by atoms with Crippen LogP contribution in [0.3, 0.4) is 0 Å². The largest absolute Gasteiger partial charge is 0.473 e. The molecule has 0 saturated heterocycles. The fourth-order valence-electron chi connectivity index (χ4n) is 1.95. The van der Waals surface area contributed by atoms with E-state index in [-0.39, 0.29) is 12.8 Å². The van der Waals surface area contributed by atoms with Gasteiger partial charge in [0.25, 0.3) is 0 Å². The number of carbonyl (C=O) groups is 1. The molecule has 0 atom stereocenters. The molecule has 2 amide bonds. The van der Waals surface area contributed by atoms with Crippen LogP contribution in [0.4, 0.5) is 10.5 Å². The molecule has 21 heavy (non-hydrogen) atoms. The fraction of sp³-hybridized carbons (Fsp3) is 0.235. The van der Waals surface area contributed by atoms with E-state index in [1.165, 1.54) is 5.56 Å². The summed E-state index contributed by atoms with van der Waals surface area (Å²) in [5.74, 6) is 0.774. The highest BCUT2D eigenvalue weighted by atomic mass is 16.5. The van der Waals surface area contributed by atoms with Crippen molar-refractivity contribution in [3.05, 3.63) is 59.2 Å². The predicted molar refractivity (Wildman–Crippen MR) is 84.7 cm³/mol. The zero-order valence-electron chi connectivity index (χ0n) is 12.6. The third kappa shape index (κ3) is 4.53. The van der Waals surface area contributed by atoms with E-state index in [0.29, 0.717) is 0 Å². The zero-order chi connectivity index (χ0) is 15.2. The number of anilines is 1. The third-order valence-electron chi connectivity index (χ3n) is 3.10. The molecular weight excluding hydrogens is 264 g/mol. The number of hydrogen-bond acceptors (Lipinski definition) is 2. The fourth-order valence-corrected chi connectivity index (χ4v) is 1.95. The highest BCUT2D eigenvalue weighted by Crippen LogP contribution is 2.18. The minimum absolute atomic E-state index is 0.127. The SMILES string of the molecule is Cc1ccc(NC(=O)NCOc2ccc(C)cc2C)cc1. The van der Waals surface area contributed by atoms with E-state index < -0.39 is 0 Å². The van der Waals surface area contributed by atoms with Gasteiger partial charge < -0.3 is 15.4 Å². The maximum absolute atomic E-state index is 11.7. The van der Waals surface area contributed by atoms with Crippen LogP contribution in [0.15, 0.2) is 42.5 Å².